The molecule has 0 saturated carbocycles. The zero-order valence-electron chi connectivity index (χ0n) is 16.7. The first-order valence-corrected chi connectivity index (χ1v) is 10.5. The number of furan rings is 1. The Morgan fingerprint density at radius 3 is 2.68 bits per heavy atom. The second-order valence-electron chi connectivity index (χ2n) is 7.34. The fraction of sp³-hybridized carbons (Fsp3) is 0.286. The van der Waals surface area contributed by atoms with Crippen LogP contribution in [0.2, 0.25) is 0 Å². The number of hydrogen-bond acceptors (Lipinski definition) is 7. The SMILES string of the molecule is Cc1ccc(-c2ccc(/C=C3\SC(=O)N(CC(=O)N4CCCC4)C3=O)o2)c([N+](=O)[O-])c1. The standard InChI is InChI=1S/C21H19N3O6S/c1-13-4-6-15(16(10-13)24(28)29)17-7-5-14(30-17)11-18-20(26)23(21(27)31-18)12-19(25)22-8-2-3-9-22/h4-7,10-11H,2-3,8-9,12H2,1H3/b18-11-. The van der Waals surface area contributed by atoms with Gasteiger partial charge in [-0.15, -0.1) is 0 Å². The second kappa shape index (κ2) is 8.38. The van der Waals surface area contributed by atoms with Gasteiger partial charge < -0.3 is 9.32 Å². The summed E-state index contributed by atoms with van der Waals surface area (Å²) in [7, 11) is 0. The molecule has 2 aliphatic heterocycles. The summed E-state index contributed by atoms with van der Waals surface area (Å²) in [5.74, 6) is -0.238. The van der Waals surface area contributed by atoms with Crippen LogP contribution in [-0.4, -0.2) is 51.4 Å². The lowest BCUT2D eigenvalue weighted by molar-refractivity contribution is -0.384. The van der Waals surface area contributed by atoms with Crippen LogP contribution < -0.4 is 0 Å². The van der Waals surface area contributed by atoms with Crippen molar-refractivity contribution < 1.29 is 23.7 Å². The molecule has 0 unspecified atom stereocenters. The Labute approximate surface area is 181 Å². The van der Waals surface area contributed by atoms with Gasteiger partial charge in [0.2, 0.25) is 5.91 Å². The number of aryl methyl sites for hydroxylation is 1. The van der Waals surface area contributed by atoms with Crippen molar-refractivity contribution in [3.05, 3.63) is 56.7 Å². The van der Waals surface area contributed by atoms with Crippen LogP contribution >= 0.6 is 11.8 Å². The lowest BCUT2D eigenvalue weighted by Crippen LogP contribution is -2.40. The first-order chi connectivity index (χ1) is 14.8. The lowest BCUT2D eigenvalue weighted by Gasteiger charge is -2.18. The van der Waals surface area contributed by atoms with Crippen molar-refractivity contribution in [1.29, 1.82) is 0 Å². The number of likely N-dealkylation sites (tertiary alicyclic amines) is 1. The monoisotopic (exact) mass is 441 g/mol. The summed E-state index contributed by atoms with van der Waals surface area (Å²) in [6, 6.07) is 7.95. The molecular formula is C21H19N3O6S. The Balaban J connectivity index is 1.53. The van der Waals surface area contributed by atoms with Crippen LogP contribution in [0, 0.1) is 17.0 Å². The van der Waals surface area contributed by atoms with Crippen LogP contribution in [0.4, 0.5) is 10.5 Å². The van der Waals surface area contributed by atoms with Crippen molar-refractivity contribution in [2.24, 2.45) is 0 Å². The first kappa shape index (κ1) is 20.9. The third-order valence-corrected chi connectivity index (χ3v) is 6.05. The maximum absolute atomic E-state index is 12.6. The predicted octanol–water partition coefficient (Wildman–Crippen LogP) is 3.82. The summed E-state index contributed by atoms with van der Waals surface area (Å²) < 4.78 is 5.69. The van der Waals surface area contributed by atoms with Gasteiger partial charge in [0.1, 0.15) is 18.1 Å². The van der Waals surface area contributed by atoms with Crippen LogP contribution in [0.1, 0.15) is 24.2 Å². The van der Waals surface area contributed by atoms with Gasteiger partial charge in [-0.2, -0.15) is 0 Å². The largest absolute Gasteiger partial charge is 0.456 e. The Bertz CT molecular complexity index is 1120. The van der Waals surface area contributed by atoms with Gasteiger partial charge in [-0.3, -0.25) is 29.4 Å². The maximum Gasteiger partial charge on any atom is 0.294 e. The normalized spacial score (nSPS) is 17.8. The van der Waals surface area contributed by atoms with E-state index in [9.17, 15) is 24.5 Å². The molecule has 1 aromatic heterocycles. The van der Waals surface area contributed by atoms with E-state index in [0.717, 1.165) is 35.1 Å². The Morgan fingerprint density at radius 2 is 1.97 bits per heavy atom. The highest BCUT2D eigenvalue weighted by Gasteiger charge is 2.37. The van der Waals surface area contributed by atoms with E-state index in [1.807, 2.05) is 0 Å². The number of amides is 3. The average Bonchev–Trinajstić information content (AvgIpc) is 3.47. The molecule has 10 heteroatoms. The summed E-state index contributed by atoms with van der Waals surface area (Å²) >= 11 is 0.736. The molecule has 0 bridgehead atoms. The van der Waals surface area contributed by atoms with Gasteiger partial charge in [0.05, 0.1) is 15.4 Å². The highest BCUT2D eigenvalue weighted by molar-refractivity contribution is 8.18. The van der Waals surface area contributed by atoms with Gasteiger partial charge in [-0.1, -0.05) is 6.07 Å². The summed E-state index contributed by atoms with van der Waals surface area (Å²) in [6.45, 7) is 2.77. The molecule has 2 aromatic rings. The number of imide groups is 1. The topological polar surface area (TPSA) is 114 Å². The Hall–Kier alpha value is -3.40. The number of thioether (sulfide) groups is 1. The molecule has 3 amide bonds. The molecule has 2 saturated heterocycles. The highest BCUT2D eigenvalue weighted by atomic mass is 32.2. The van der Waals surface area contributed by atoms with Crippen molar-refractivity contribution >= 4 is 40.6 Å². The summed E-state index contributed by atoms with van der Waals surface area (Å²) in [4.78, 5) is 50.8. The van der Waals surface area contributed by atoms with Crippen molar-refractivity contribution in [2.75, 3.05) is 19.6 Å². The lowest BCUT2D eigenvalue weighted by atomic mass is 10.1. The number of nitrogens with zero attached hydrogens (tertiary/aromatic N) is 3. The molecule has 4 rings (SSSR count). The van der Waals surface area contributed by atoms with Gasteiger partial charge in [0, 0.05) is 25.2 Å². The number of hydrogen-bond donors (Lipinski definition) is 0. The minimum atomic E-state index is -0.554. The van der Waals surface area contributed by atoms with Crippen LogP contribution in [0.3, 0.4) is 0 Å². The smallest absolute Gasteiger partial charge is 0.294 e. The number of benzene rings is 1. The van der Waals surface area contributed by atoms with Crippen LogP contribution in [0.25, 0.3) is 17.4 Å². The molecule has 160 valence electrons. The molecular weight excluding hydrogens is 422 g/mol. The minimum Gasteiger partial charge on any atom is -0.456 e. The molecule has 31 heavy (non-hydrogen) atoms. The van der Waals surface area contributed by atoms with Gasteiger partial charge >= 0.3 is 0 Å². The fourth-order valence-electron chi connectivity index (χ4n) is 3.54. The van der Waals surface area contributed by atoms with Crippen molar-refractivity contribution in [1.82, 2.24) is 9.80 Å². The molecule has 2 fully saturated rings. The number of nitro benzene ring substituents is 1. The molecule has 1 aromatic carbocycles. The fourth-order valence-corrected chi connectivity index (χ4v) is 4.36. The summed E-state index contributed by atoms with van der Waals surface area (Å²) in [5, 5.41) is 10.9. The van der Waals surface area contributed by atoms with E-state index in [-0.39, 0.29) is 34.6 Å². The number of carbonyl (C=O) groups excluding carboxylic acids is 3. The minimum absolute atomic E-state index is 0.0818. The predicted molar refractivity (Wildman–Crippen MR) is 114 cm³/mol. The van der Waals surface area contributed by atoms with E-state index in [2.05, 4.69) is 0 Å². The van der Waals surface area contributed by atoms with Gasteiger partial charge in [-0.25, -0.2) is 0 Å². The Morgan fingerprint density at radius 1 is 1.23 bits per heavy atom. The highest BCUT2D eigenvalue weighted by Crippen LogP contribution is 2.35. The molecule has 0 aliphatic carbocycles. The van der Waals surface area contributed by atoms with Crippen LogP contribution in [-0.2, 0) is 9.59 Å². The van der Waals surface area contributed by atoms with E-state index in [1.165, 1.54) is 12.1 Å². The van der Waals surface area contributed by atoms with E-state index >= 15 is 0 Å². The van der Waals surface area contributed by atoms with E-state index in [1.54, 1.807) is 36.1 Å². The maximum atomic E-state index is 12.6. The summed E-state index contributed by atoms with van der Waals surface area (Å²) in [5.41, 5.74) is 0.987. The summed E-state index contributed by atoms with van der Waals surface area (Å²) in [6.07, 6.45) is 3.26. The van der Waals surface area contributed by atoms with E-state index < -0.39 is 16.1 Å². The quantitative estimate of drug-likeness (QED) is 0.394. The molecule has 0 N–H and O–H groups in total. The van der Waals surface area contributed by atoms with Crippen LogP contribution in [0.5, 0.6) is 0 Å². The molecule has 9 nitrogen and oxygen atoms in total. The third-order valence-electron chi connectivity index (χ3n) is 5.14. The molecule has 2 aliphatic rings. The number of nitro groups is 1. The average molecular weight is 441 g/mol. The Kier molecular flexibility index (Phi) is 5.64. The number of carbonyl (C=O) groups is 3. The van der Waals surface area contributed by atoms with Crippen molar-refractivity contribution in [3.8, 4) is 11.3 Å². The molecule has 3 heterocycles. The third kappa shape index (κ3) is 4.24. The second-order valence-corrected chi connectivity index (χ2v) is 8.33. The zero-order chi connectivity index (χ0) is 22.1. The van der Waals surface area contributed by atoms with E-state index in [4.69, 9.17) is 4.42 Å². The first-order valence-electron chi connectivity index (χ1n) is 9.72. The molecule has 0 spiro atoms. The molecule has 0 atom stereocenters. The van der Waals surface area contributed by atoms with Crippen molar-refractivity contribution in [2.45, 2.75) is 19.8 Å². The zero-order valence-corrected chi connectivity index (χ0v) is 17.5. The number of rotatable bonds is 5. The van der Waals surface area contributed by atoms with E-state index in [0.29, 0.717) is 18.7 Å². The van der Waals surface area contributed by atoms with Gasteiger partial charge in [0.25, 0.3) is 16.8 Å². The molecule has 0 radical (unpaired) electrons. The van der Waals surface area contributed by atoms with Crippen molar-refractivity contribution in [3.63, 3.8) is 0 Å². The van der Waals surface area contributed by atoms with Crippen LogP contribution in [0.15, 0.2) is 39.7 Å². The van der Waals surface area contributed by atoms with Gasteiger partial charge in [0.15, 0.2) is 0 Å². The van der Waals surface area contributed by atoms with Gasteiger partial charge in [-0.05, 0) is 55.3 Å².